The van der Waals surface area contributed by atoms with Gasteiger partial charge in [-0.3, -0.25) is 4.98 Å². The number of aliphatic imine (C=N–C) groups is 1. The van der Waals surface area contributed by atoms with E-state index in [1.54, 1.807) is 12.3 Å². The molecule has 0 saturated heterocycles. The summed E-state index contributed by atoms with van der Waals surface area (Å²) in [5, 5.41) is 0. The molecule has 1 aliphatic rings. The predicted molar refractivity (Wildman–Crippen MR) is 35.8 cm³/mol. The average Bonchev–Trinajstić information content (AvgIpc) is 2.33. The molecule has 1 aliphatic heterocycles. The van der Waals surface area contributed by atoms with Gasteiger partial charge in [-0.05, 0) is 18.0 Å². The second-order valence-corrected chi connectivity index (χ2v) is 1.79. The quantitative estimate of drug-likeness (QED) is 0.510. The van der Waals surface area contributed by atoms with Crippen LogP contribution in [0.2, 0.25) is 0 Å². The van der Waals surface area contributed by atoms with Crippen molar-refractivity contribution in [2.75, 3.05) is 0 Å². The van der Waals surface area contributed by atoms with E-state index in [0.29, 0.717) is 0 Å². The van der Waals surface area contributed by atoms with Crippen LogP contribution in [0.15, 0.2) is 23.3 Å². The Morgan fingerprint density at radius 2 is 2.44 bits per heavy atom. The van der Waals surface area contributed by atoms with Gasteiger partial charge in [0, 0.05) is 12.3 Å². The van der Waals surface area contributed by atoms with Crippen molar-refractivity contribution in [1.29, 1.82) is 0 Å². The van der Waals surface area contributed by atoms with Crippen LogP contribution in [-0.2, 0) is 0 Å². The molecule has 0 bridgehead atoms. The van der Waals surface area contributed by atoms with Gasteiger partial charge in [-0.25, -0.2) is 4.99 Å². The Bertz CT molecular complexity index is 269. The van der Waals surface area contributed by atoms with Crippen molar-refractivity contribution in [2.45, 2.75) is 0 Å². The molecule has 0 spiro atoms. The first-order valence-electron chi connectivity index (χ1n) is 2.71. The molecule has 0 atom stereocenters. The van der Waals surface area contributed by atoms with Crippen molar-refractivity contribution in [1.82, 2.24) is 4.98 Å². The van der Waals surface area contributed by atoms with E-state index >= 15 is 0 Å². The molecular weight excluding hydrogens is 112 g/mol. The molecular formula is C7H4N2. The lowest BCUT2D eigenvalue weighted by molar-refractivity contribution is 1.29. The Labute approximate surface area is 52.6 Å². The summed E-state index contributed by atoms with van der Waals surface area (Å²) in [7, 11) is 0. The fourth-order valence-corrected chi connectivity index (χ4v) is 0.778. The highest BCUT2D eigenvalue weighted by atomic mass is 14.8. The predicted octanol–water partition coefficient (Wildman–Crippen LogP) is 1.41. The van der Waals surface area contributed by atoms with Gasteiger partial charge in [0.25, 0.3) is 0 Å². The van der Waals surface area contributed by atoms with Crippen LogP contribution in [0.5, 0.6) is 0 Å². The second-order valence-electron chi connectivity index (χ2n) is 1.79. The van der Waals surface area contributed by atoms with Gasteiger partial charge in [0.15, 0.2) is 0 Å². The summed E-state index contributed by atoms with van der Waals surface area (Å²) in [5.74, 6) is 2.73. The van der Waals surface area contributed by atoms with E-state index in [-0.39, 0.29) is 0 Å². The molecule has 42 valence electrons. The summed E-state index contributed by atoms with van der Waals surface area (Å²) in [6, 6.07) is 3.78. The van der Waals surface area contributed by atoms with Gasteiger partial charge >= 0.3 is 0 Å². The fourth-order valence-electron chi connectivity index (χ4n) is 0.778. The molecule has 1 aromatic heterocycles. The van der Waals surface area contributed by atoms with E-state index < -0.39 is 0 Å². The van der Waals surface area contributed by atoms with Crippen molar-refractivity contribution in [2.24, 2.45) is 4.99 Å². The van der Waals surface area contributed by atoms with Gasteiger partial charge in [-0.2, -0.15) is 0 Å². The van der Waals surface area contributed by atoms with Gasteiger partial charge in [0.1, 0.15) is 0 Å². The van der Waals surface area contributed by atoms with Crippen LogP contribution in [-0.4, -0.2) is 10.9 Å². The molecule has 1 aromatic rings. The Kier molecular flexibility index (Phi) is 0.765. The Balaban J connectivity index is 2.72. The third-order valence-electron chi connectivity index (χ3n) is 1.20. The van der Waals surface area contributed by atoms with Crippen LogP contribution < -0.4 is 0 Å². The van der Waals surface area contributed by atoms with Crippen LogP contribution >= 0.6 is 0 Å². The summed E-state index contributed by atoms with van der Waals surface area (Å²) < 4.78 is 0. The third kappa shape index (κ3) is 0.574. The molecule has 9 heavy (non-hydrogen) atoms. The largest absolute Gasteiger partial charge is 0.254 e. The topological polar surface area (TPSA) is 25.2 Å². The molecule has 0 aromatic carbocycles. The highest BCUT2D eigenvalue weighted by Gasteiger charge is 1.99. The number of pyridine rings is 1. The lowest BCUT2D eigenvalue weighted by Gasteiger charge is -1.88. The van der Waals surface area contributed by atoms with Crippen LogP contribution in [0.1, 0.15) is 5.69 Å². The zero-order valence-corrected chi connectivity index (χ0v) is 4.70. The summed E-state index contributed by atoms with van der Waals surface area (Å²) in [5.41, 5.74) is 1.83. The lowest BCUT2D eigenvalue weighted by Crippen LogP contribution is -1.74. The maximum atomic E-state index is 4.05. The molecule has 2 rings (SSSR count). The number of rotatable bonds is 0. The molecule has 0 fully saturated rings. The minimum Gasteiger partial charge on any atom is -0.254 e. The fraction of sp³-hybridized carbons (Fsp3) is 0. The lowest BCUT2D eigenvalue weighted by atomic mass is 10.3. The monoisotopic (exact) mass is 116 g/mol. The van der Waals surface area contributed by atoms with Crippen molar-refractivity contribution in [3.05, 3.63) is 24.0 Å². The molecule has 2 heterocycles. The average molecular weight is 116 g/mol. The number of hydrogen-bond donors (Lipinski definition) is 0. The van der Waals surface area contributed by atoms with E-state index in [4.69, 9.17) is 0 Å². The summed E-state index contributed by atoms with van der Waals surface area (Å²) >= 11 is 0. The maximum Gasteiger partial charge on any atom is 0.0993 e. The van der Waals surface area contributed by atoms with Gasteiger partial charge < -0.3 is 0 Å². The normalized spacial score (nSPS) is 12.0. The van der Waals surface area contributed by atoms with E-state index in [1.165, 1.54) is 0 Å². The van der Waals surface area contributed by atoms with Crippen molar-refractivity contribution in [3.8, 4) is 0 Å². The minimum absolute atomic E-state index is 0.914. The molecule has 0 aliphatic carbocycles. The SMILES string of the molecule is C1=Cc2ncccc2N=1. The smallest absolute Gasteiger partial charge is 0.0993 e. The summed E-state index contributed by atoms with van der Waals surface area (Å²) in [6.07, 6.45) is 3.52. The second kappa shape index (κ2) is 1.54. The number of hydrogen-bond acceptors (Lipinski definition) is 2. The zero-order valence-electron chi connectivity index (χ0n) is 4.70. The zero-order chi connectivity index (χ0) is 6.10. The number of nitrogens with zero attached hydrogens (tertiary/aromatic N) is 2. The van der Waals surface area contributed by atoms with Crippen LogP contribution in [0, 0.1) is 0 Å². The van der Waals surface area contributed by atoms with Gasteiger partial charge in [-0.15, -0.1) is 0 Å². The van der Waals surface area contributed by atoms with Gasteiger partial charge in [0.05, 0.1) is 11.4 Å². The summed E-state index contributed by atoms with van der Waals surface area (Å²) in [6.45, 7) is 0. The van der Waals surface area contributed by atoms with Crippen LogP contribution in [0.4, 0.5) is 5.69 Å². The van der Waals surface area contributed by atoms with Crippen LogP contribution in [0.25, 0.3) is 6.08 Å². The first-order chi connectivity index (χ1) is 4.47. The van der Waals surface area contributed by atoms with E-state index in [0.717, 1.165) is 11.4 Å². The van der Waals surface area contributed by atoms with Crippen LogP contribution in [0.3, 0.4) is 0 Å². The highest BCUT2D eigenvalue weighted by Crippen LogP contribution is 2.18. The van der Waals surface area contributed by atoms with E-state index in [1.807, 2.05) is 12.1 Å². The molecule has 0 saturated carbocycles. The first-order valence-corrected chi connectivity index (χ1v) is 2.71. The number of fused-ring (bicyclic) bond motifs is 1. The summed E-state index contributed by atoms with van der Waals surface area (Å²) in [4.78, 5) is 7.98. The standard InChI is InChI=1S/C7H4N2/c1-2-6-7(8-4-1)3-5-9-6/h1-4H. The Hall–Kier alpha value is -1.40. The molecule has 0 N–H and O–H groups in total. The first kappa shape index (κ1) is 4.48. The molecule has 2 heteroatoms. The minimum atomic E-state index is 0.914. The Morgan fingerprint density at radius 3 is 3.33 bits per heavy atom. The van der Waals surface area contributed by atoms with E-state index in [2.05, 4.69) is 15.8 Å². The van der Waals surface area contributed by atoms with Crippen molar-refractivity contribution >= 4 is 17.6 Å². The highest BCUT2D eigenvalue weighted by molar-refractivity contribution is 5.87. The van der Waals surface area contributed by atoms with Crippen molar-refractivity contribution < 1.29 is 0 Å². The van der Waals surface area contributed by atoms with Gasteiger partial charge in [-0.1, -0.05) is 0 Å². The van der Waals surface area contributed by atoms with E-state index in [9.17, 15) is 0 Å². The Morgan fingerprint density at radius 1 is 1.44 bits per heavy atom. The number of aromatic nitrogens is 1. The molecule has 2 nitrogen and oxygen atoms in total. The molecule has 0 radical (unpaired) electrons. The third-order valence-corrected chi connectivity index (χ3v) is 1.20. The maximum absolute atomic E-state index is 4.05. The van der Waals surface area contributed by atoms with Gasteiger partial charge in [0.2, 0.25) is 0 Å². The molecule has 0 amide bonds. The molecule has 0 unspecified atom stereocenters. The van der Waals surface area contributed by atoms with Crippen molar-refractivity contribution in [3.63, 3.8) is 0 Å².